The lowest BCUT2D eigenvalue weighted by Gasteiger charge is -2.43. The van der Waals surface area contributed by atoms with Gasteiger partial charge in [0, 0.05) is 11.3 Å². The standard InChI is InChI=1S/C26H34N10O10P2S/c1-5-26-8-43-48(41,49)46-25(4)17(37)13(35-10-31-14-18(27)29-9-30-19(14)35)6-24(25,3)7-42-47(39,40)45-16(12(26)2)22(44-26)36-11-32-15-20(36)33-23(28)34-21(15)38/h5,9-13,16-17,22,37H,1,6-8H2,2-4H3,(H,39,40)(H,41,49)(H2,27,29,30)(H3,28,33,34,38)/t12-,13+,16+,17-,22+,24+,25+,26+,48?/m0/s1. The van der Waals surface area contributed by atoms with Crippen molar-refractivity contribution in [2.75, 3.05) is 24.7 Å². The highest BCUT2D eigenvalue weighted by Gasteiger charge is 2.64. The van der Waals surface area contributed by atoms with E-state index < -0.39 is 80.3 Å². The first-order valence-corrected chi connectivity index (χ1v) is 19.0. The fourth-order valence-corrected chi connectivity index (χ4v) is 9.91. The number of fused-ring (bicyclic) bond motifs is 5. The SMILES string of the molecule is C=C[C@]12COP(O)(=S)O[C@]3(C)[C@@H](O)[C@H](n4cnc5c(N)ncnc54)C[C@]3(C)COP(=O)(O)O[C@@H]([C@H](n3cnc4c(=O)[nH]c(N)nc43)O1)[C@@H]2C. The van der Waals surface area contributed by atoms with Gasteiger partial charge in [-0.2, -0.15) is 4.98 Å². The first-order chi connectivity index (χ1) is 22.9. The van der Waals surface area contributed by atoms with E-state index in [4.69, 9.17) is 46.1 Å². The molecule has 0 aromatic carbocycles. The molecule has 1 saturated carbocycles. The molecule has 3 fully saturated rings. The van der Waals surface area contributed by atoms with Crippen LogP contribution in [0.25, 0.3) is 22.3 Å². The number of nitrogens with one attached hydrogen (secondary N) is 1. The second-order valence-corrected chi connectivity index (χ2v) is 17.0. The number of hydrogen-bond donors (Lipinski definition) is 6. The van der Waals surface area contributed by atoms with Crippen LogP contribution in [0.4, 0.5) is 11.8 Å². The van der Waals surface area contributed by atoms with Crippen LogP contribution in [0, 0.1) is 11.3 Å². The molecule has 20 nitrogen and oxygen atoms in total. The maximum Gasteiger partial charge on any atom is 0.472 e. The Morgan fingerprint density at radius 2 is 1.82 bits per heavy atom. The molecule has 3 aliphatic rings. The molecule has 0 spiro atoms. The Morgan fingerprint density at radius 1 is 1.10 bits per heavy atom. The van der Waals surface area contributed by atoms with Gasteiger partial charge in [0.1, 0.15) is 35.3 Å². The van der Waals surface area contributed by atoms with Gasteiger partial charge in [-0.3, -0.25) is 27.9 Å². The van der Waals surface area contributed by atoms with Crippen molar-refractivity contribution in [2.24, 2.45) is 11.3 Å². The van der Waals surface area contributed by atoms with E-state index in [2.05, 4.69) is 36.5 Å². The molecule has 1 aliphatic carbocycles. The van der Waals surface area contributed by atoms with Crippen LogP contribution >= 0.6 is 14.5 Å². The van der Waals surface area contributed by atoms with E-state index in [1.807, 2.05) is 0 Å². The molecule has 49 heavy (non-hydrogen) atoms. The molecule has 4 aromatic rings. The number of ether oxygens (including phenoxy) is 1. The average Bonchev–Trinajstić information content (AvgIpc) is 3.76. The summed E-state index contributed by atoms with van der Waals surface area (Å²) < 4.78 is 46.7. The lowest BCUT2D eigenvalue weighted by Crippen LogP contribution is -2.51. The minimum Gasteiger partial charge on any atom is -0.388 e. The van der Waals surface area contributed by atoms with Gasteiger partial charge in [0.15, 0.2) is 28.9 Å². The van der Waals surface area contributed by atoms with Crippen molar-refractivity contribution >= 4 is 60.4 Å². The largest absolute Gasteiger partial charge is 0.472 e. The number of hydrogen-bond acceptors (Lipinski definition) is 16. The topological polar surface area (TPSA) is 283 Å². The van der Waals surface area contributed by atoms with Gasteiger partial charge >= 0.3 is 14.5 Å². The highest BCUT2D eigenvalue weighted by Crippen LogP contribution is 2.64. The average molecular weight is 741 g/mol. The summed E-state index contributed by atoms with van der Waals surface area (Å²) in [5.41, 5.74) is 7.13. The molecule has 264 valence electrons. The normalized spacial score (nSPS) is 40.1. The molecule has 8 N–H and O–H groups in total. The molecule has 6 heterocycles. The van der Waals surface area contributed by atoms with Crippen LogP contribution < -0.4 is 17.0 Å². The van der Waals surface area contributed by atoms with Crippen LogP contribution in [-0.2, 0) is 39.2 Å². The molecule has 4 aromatic heterocycles. The van der Waals surface area contributed by atoms with E-state index >= 15 is 0 Å². The minimum absolute atomic E-state index is 0.00607. The van der Waals surface area contributed by atoms with Crippen molar-refractivity contribution in [1.82, 2.24) is 39.0 Å². The van der Waals surface area contributed by atoms with Gasteiger partial charge in [0.25, 0.3) is 5.56 Å². The molecule has 10 atom stereocenters. The summed E-state index contributed by atoms with van der Waals surface area (Å²) in [4.78, 5) is 58.5. The predicted octanol–water partition coefficient (Wildman–Crippen LogP) is 1.05. The summed E-state index contributed by atoms with van der Waals surface area (Å²) in [5.74, 6) is -0.898. The van der Waals surface area contributed by atoms with E-state index in [0.29, 0.717) is 11.2 Å². The molecule has 0 radical (unpaired) electrons. The quantitative estimate of drug-likeness (QED) is 0.126. The first kappa shape index (κ1) is 34.3. The molecule has 0 amide bonds. The van der Waals surface area contributed by atoms with Gasteiger partial charge in [-0.05, 0) is 25.2 Å². The maximum absolute atomic E-state index is 13.8. The van der Waals surface area contributed by atoms with Crippen molar-refractivity contribution < 1.29 is 42.3 Å². The zero-order valence-corrected chi connectivity index (χ0v) is 28.9. The number of aromatic nitrogens is 8. The Kier molecular flexibility index (Phi) is 7.98. The summed E-state index contributed by atoms with van der Waals surface area (Å²) in [5, 5.41) is 11.9. The fraction of sp³-hybridized carbons (Fsp3) is 0.538. The number of nitrogens with zero attached hydrogens (tertiary/aromatic N) is 7. The van der Waals surface area contributed by atoms with Crippen molar-refractivity contribution in [3.8, 4) is 0 Å². The van der Waals surface area contributed by atoms with Gasteiger partial charge in [-0.25, -0.2) is 24.5 Å². The Labute approximate surface area is 282 Å². The number of H-pyrrole nitrogens is 1. The fourth-order valence-electron chi connectivity index (χ4n) is 6.96. The predicted molar refractivity (Wildman–Crippen MR) is 175 cm³/mol. The van der Waals surface area contributed by atoms with Gasteiger partial charge in [0.05, 0.1) is 31.9 Å². The first-order valence-electron chi connectivity index (χ1n) is 14.9. The summed E-state index contributed by atoms with van der Waals surface area (Å²) in [6, 6.07) is -0.819. The van der Waals surface area contributed by atoms with E-state index in [0.717, 1.165) is 0 Å². The Hall–Kier alpha value is -3.20. The molecule has 2 bridgehead atoms. The molecule has 23 heteroatoms. The monoisotopic (exact) mass is 740 g/mol. The Balaban J connectivity index is 1.30. The highest BCUT2D eigenvalue weighted by atomic mass is 32.5. The highest BCUT2D eigenvalue weighted by molar-refractivity contribution is 8.07. The van der Waals surface area contributed by atoms with Crippen molar-refractivity contribution in [3.63, 3.8) is 0 Å². The number of aliphatic hydroxyl groups is 1. The van der Waals surface area contributed by atoms with Crippen molar-refractivity contribution in [3.05, 3.63) is 42.0 Å². The van der Waals surface area contributed by atoms with Crippen LogP contribution in [0.2, 0.25) is 0 Å². The molecule has 2 unspecified atom stereocenters. The molecule has 2 aliphatic heterocycles. The third kappa shape index (κ3) is 5.35. The molecular weight excluding hydrogens is 706 g/mol. The van der Waals surface area contributed by atoms with Crippen LogP contribution in [0.3, 0.4) is 0 Å². The number of imidazole rings is 2. The summed E-state index contributed by atoms with van der Waals surface area (Å²) in [7, 11) is -4.97. The maximum atomic E-state index is 13.8. The van der Waals surface area contributed by atoms with Crippen LogP contribution in [0.1, 0.15) is 39.5 Å². The third-order valence-electron chi connectivity index (χ3n) is 10.0. The van der Waals surface area contributed by atoms with Crippen LogP contribution in [0.5, 0.6) is 0 Å². The lowest BCUT2D eigenvalue weighted by atomic mass is 9.77. The zero-order valence-electron chi connectivity index (χ0n) is 26.3. The number of anilines is 2. The molecular formula is C26H34N10O10P2S. The Morgan fingerprint density at radius 3 is 2.55 bits per heavy atom. The summed E-state index contributed by atoms with van der Waals surface area (Å²) >= 11 is 5.50. The number of aliphatic hydroxyl groups excluding tert-OH is 1. The number of phosphoric ester groups is 1. The second kappa shape index (κ2) is 11.4. The van der Waals surface area contributed by atoms with E-state index in [1.165, 1.54) is 36.5 Å². The molecule has 2 saturated heterocycles. The van der Waals surface area contributed by atoms with Gasteiger partial charge in [-0.15, -0.1) is 6.58 Å². The summed E-state index contributed by atoms with van der Waals surface area (Å²) in [6.07, 6.45) is 1.41. The summed E-state index contributed by atoms with van der Waals surface area (Å²) in [6.45, 7) is 3.44. The zero-order chi connectivity index (χ0) is 35.3. The number of nitrogens with two attached hydrogens (primary N) is 2. The number of aromatic amines is 1. The van der Waals surface area contributed by atoms with Crippen LogP contribution in [0.15, 0.2) is 36.4 Å². The smallest absolute Gasteiger partial charge is 0.388 e. The molecule has 7 rings (SSSR count). The van der Waals surface area contributed by atoms with Gasteiger partial charge < -0.3 is 40.2 Å². The van der Waals surface area contributed by atoms with Crippen LogP contribution in [-0.4, -0.2) is 90.6 Å². The minimum atomic E-state index is -4.97. The van der Waals surface area contributed by atoms with E-state index in [1.54, 1.807) is 18.4 Å². The van der Waals surface area contributed by atoms with Crippen molar-refractivity contribution in [1.29, 1.82) is 0 Å². The third-order valence-corrected chi connectivity index (χ3v) is 12.6. The van der Waals surface area contributed by atoms with Gasteiger partial charge in [-0.1, -0.05) is 19.9 Å². The number of rotatable bonds is 3. The number of nitrogen functional groups attached to an aromatic ring is 2. The number of phosphoric acid groups is 1. The van der Waals surface area contributed by atoms with E-state index in [-0.39, 0.29) is 29.4 Å². The van der Waals surface area contributed by atoms with E-state index in [9.17, 15) is 24.3 Å². The Bertz CT molecular complexity index is 2150. The van der Waals surface area contributed by atoms with Gasteiger partial charge in [0.2, 0.25) is 5.95 Å². The lowest BCUT2D eigenvalue weighted by molar-refractivity contribution is -0.121. The van der Waals surface area contributed by atoms with Crippen molar-refractivity contribution in [2.45, 2.75) is 62.9 Å². The second-order valence-electron chi connectivity index (χ2n) is 12.8.